The van der Waals surface area contributed by atoms with Crippen LogP contribution in [0, 0.1) is 5.21 Å². The second kappa shape index (κ2) is 4.22. The van der Waals surface area contributed by atoms with Gasteiger partial charge in [-0.15, -0.1) is 0 Å². The molecule has 0 aliphatic carbocycles. The van der Waals surface area contributed by atoms with Crippen LogP contribution in [0.5, 0.6) is 0 Å². The van der Waals surface area contributed by atoms with Crippen molar-refractivity contribution in [1.29, 1.82) is 0 Å². The molecule has 74 valence electrons. The molecule has 0 radical (unpaired) electrons. The molecule has 1 rings (SSSR count). The van der Waals surface area contributed by atoms with Crippen LogP contribution in [0.4, 0.5) is 0 Å². The van der Waals surface area contributed by atoms with E-state index in [1.54, 1.807) is 0 Å². The molecule has 1 unspecified atom stereocenters. The number of hydrogen-bond acceptors (Lipinski definition) is 4. The van der Waals surface area contributed by atoms with E-state index in [0.717, 1.165) is 0 Å². The van der Waals surface area contributed by atoms with Gasteiger partial charge in [-0.25, -0.2) is 5.21 Å². The second-order valence-corrected chi connectivity index (χ2v) is 2.54. The van der Waals surface area contributed by atoms with Crippen LogP contribution in [0.1, 0.15) is 13.8 Å². The highest BCUT2D eigenvalue weighted by Crippen LogP contribution is 1.94. The molecular weight excluding hydrogens is 172 g/mol. The van der Waals surface area contributed by atoms with Crippen LogP contribution < -0.4 is 10.5 Å². The van der Waals surface area contributed by atoms with E-state index in [1.807, 2.05) is 13.8 Å². The second-order valence-electron chi connectivity index (χ2n) is 2.54. The standard InChI is InChI=1S/C7H14N4O2/c1-3-8-6-5-7(9-4-2)11(13)10(6)12/h5,8,10,13H,3-4H2,1-2H3. The highest BCUT2D eigenvalue weighted by molar-refractivity contribution is 5.92. The van der Waals surface area contributed by atoms with Crippen LogP contribution in [0.2, 0.25) is 0 Å². The van der Waals surface area contributed by atoms with Gasteiger partial charge in [-0.3, -0.25) is 4.99 Å². The molecule has 0 fully saturated rings. The summed E-state index contributed by atoms with van der Waals surface area (Å²) >= 11 is 0. The van der Waals surface area contributed by atoms with Crippen molar-refractivity contribution >= 4 is 5.84 Å². The van der Waals surface area contributed by atoms with Gasteiger partial charge in [-0.1, -0.05) is 5.17 Å². The van der Waals surface area contributed by atoms with Crippen molar-refractivity contribution in [3.8, 4) is 0 Å². The van der Waals surface area contributed by atoms with E-state index >= 15 is 0 Å². The Balaban J connectivity index is 2.76. The van der Waals surface area contributed by atoms with Crippen molar-refractivity contribution in [2.45, 2.75) is 13.8 Å². The quantitative estimate of drug-likeness (QED) is 0.487. The van der Waals surface area contributed by atoms with Gasteiger partial charge in [0.2, 0.25) is 11.7 Å². The summed E-state index contributed by atoms with van der Waals surface area (Å²) in [5.41, 5.74) is 0. The number of amidine groups is 1. The number of hydroxylamine groups is 2. The zero-order chi connectivity index (χ0) is 9.84. The summed E-state index contributed by atoms with van der Waals surface area (Å²) in [5, 5.41) is 23.4. The third kappa shape index (κ3) is 1.97. The zero-order valence-electron chi connectivity index (χ0n) is 7.74. The van der Waals surface area contributed by atoms with Gasteiger partial charge >= 0.3 is 0 Å². The normalized spacial score (nSPS) is 25.2. The Kier molecular flexibility index (Phi) is 3.24. The van der Waals surface area contributed by atoms with Crippen molar-refractivity contribution < 1.29 is 10.4 Å². The maximum atomic E-state index is 11.2. The van der Waals surface area contributed by atoms with E-state index in [2.05, 4.69) is 10.3 Å². The van der Waals surface area contributed by atoms with Gasteiger partial charge < -0.3 is 10.5 Å². The number of quaternary nitrogens is 1. The highest BCUT2D eigenvalue weighted by atomic mass is 16.7. The summed E-state index contributed by atoms with van der Waals surface area (Å²) in [5.74, 6) is 0.681. The highest BCUT2D eigenvalue weighted by Gasteiger charge is 2.26. The van der Waals surface area contributed by atoms with Gasteiger partial charge in [0.15, 0.2) is 0 Å². The molecule has 0 spiro atoms. The predicted molar refractivity (Wildman–Crippen MR) is 47.7 cm³/mol. The molecule has 0 aromatic carbocycles. The number of nitrogens with one attached hydrogen (secondary N) is 2. The zero-order valence-corrected chi connectivity index (χ0v) is 7.74. The monoisotopic (exact) mass is 186 g/mol. The predicted octanol–water partition coefficient (Wildman–Crippen LogP) is -1.14. The molecule has 1 heterocycles. The van der Waals surface area contributed by atoms with Crippen LogP contribution in [0.3, 0.4) is 0 Å². The number of nitrogens with zero attached hydrogens (tertiary/aromatic N) is 2. The number of rotatable bonds is 3. The maximum absolute atomic E-state index is 11.2. The molecule has 3 N–H and O–H groups in total. The minimum atomic E-state index is -0.450. The van der Waals surface area contributed by atoms with E-state index in [-0.39, 0.29) is 0 Å². The van der Waals surface area contributed by atoms with Crippen LogP contribution >= 0.6 is 0 Å². The smallest absolute Gasteiger partial charge is 0.230 e. The van der Waals surface area contributed by atoms with Crippen LogP contribution in [0.25, 0.3) is 0 Å². The minimum absolute atomic E-state index is 0.295. The van der Waals surface area contributed by atoms with Gasteiger partial charge in [0, 0.05) is 13.1 Å². The van der Waals surface area contributed by atoms with E-state index < -0.39 is 5.17 Å². The molecule has 0 aromatic heterocycles. The van der Waals surface area contributed by atoms with Gasteiger partial charge in [-0.2, -0.15) is 5.17 Å². The lowest BCUT2D eigenvalue weighted by molar-refractivity contribution is -0.959. The van der Waals surface area contributed by atoms with Gasteiger partial charge in [0.25, 0.3) is 0 Å². The summed E-state index contributed by atoms with van der Waals surface area (Å²) in [6.45, 7) is 4.90. The van der Waals surface area contributed by atoms with E-state index in [0.29, 0.717) is 29.9 Å². The van der Waals surface area contributed by atoms with Crippen molar-refractivity contribution in [2.75, 3.05) is 13.1 Å². The average molecular weight is 186 g/mol. The molecule has 6 heteroatoms. The summed E-state index contributed by atoms with van der Waals surface area (Å²) in [6.07, 6.45) is 1.54. The molecule has 1 aliphatic heterocycles. The Hall–Kier alpha value is -1.11. The first-order valence-electron chi connectivity index (χ1n) is 4.24. The largest absolute Gasteiger partial charge is 0.600 e. The van der Waals surface area contributed by atoms with Crippen molar-refractivity contribution in [2.24, 2.45) is 4.99 Å². The first kappa shape index (κ1) is 9.97. The first-order chi connectivity index (χ1) is 6.20. The topological polar surface area (TPSA) is 75.4 Å². The lowest BCUT2D eigenvalue weighted by atomic mass is 10.5. The Morgan fingerprint density at radius 1 is 1.69 bits per heavy atom. The molecule has 13 heavy (non-hydrogen) atoms. The Morgan fingerprint density at radius 3 is 2.92 bits per heavy atom. The van der Waals surface area contributed by atoms with Gasteiger partial charge in [0.05, 0.1) is 6.08 Å². The Labute approximate surface area is 76.7 Å². The summed E-state index contributed by atoms with van der Waals surface area (Å²) in [6, 6.07) is 0. The van der Waals surface area contributed by atoms with Crippen LogP contribution in [-0.2, 0) is 0 Å². The number of hydrogen-bond donors (Lipinski definition) is 3. The molecule has 0 saturated carbocycles. The van der Waals surface area contributed by atoms with Crippen molar-refractivity contribution in [1.82, 2.24) is 10.5 Å². The Bertz CT molecular complexity index is 239. The molecule has 1 atom stereocenters. The third-order valence-electron chi connectivity index (χ3n) is 1.60. The number of aliphatic imine (C=N–C) groups is 1. The molecule has 0 bridgehead atoms. The molecule has 0 aromatic rings. The lowest BCUT2D eigenvalue weighted by Crippen LogP contribution is -3.11. The van der Waals surface area contributed by atoms with E-state index in [1.165, 1.54) is 6.08 Å². The third-order valence-corrected chi connectivity index (χ3v) is 1.60. The Morgan fingerprint density at radius 2 is 2.38 bits per heavy atom. The summed E-state index contributed by atoms with van der Waals surface area (Å²) < 4.78 is 0. The van der Waals surface area contributed by atoms with E-state index in [9.17, 15) is 10.4 Å². The summed E-state index contributed by atoms with van der Waals surface area (Å²) in [7, 11) is 0. The minimum Gasteiger partial charge on any atom is -0.600 e. The lowest BCUT2D eigenvalue weighted by Gasteiger charge is -2.23. The van der Waals surface area contributed by atoms with Crippen LogP contribution in [0.15, 0.2) is 16.9 Å². The van der Waals surface area contributed by atoms with Gasteiger partial charge in [-0.05, 0) is 13.8 Å². The molecule has 1 aliphatic rings. The molecule has 0 amide bonds. The fourth-order valence-corrected chi connectivity index (χ4v) is 1.06. The molecular formula is C7H14N4O2. The fraction of sp³-hybridized carbons (Fsp3) is 0.571. The maximum Gasteiger partial charge on any atom is 0.230 e. The van der Waals surface area contributed by atoms with Crippen molar-refractivity contribution in [3.63, 3.8) is 0 Å². The van der Waals surface area contributed by atoms with E-state index in [4.69, 9.17) is 0 Å². The molecule has 0 saturated heterocycles. The fourth-order valence-electron chi connectivity index (χ4n) is 1.06. The first-order valence-corrected chi connectivity index (χ1v) is 4.24. The van der Waals surface area contributed by atoms with Crippen LogP contribution in [-0.4, -0.2) is 29.3 Å². The SMILES string of the molecule is CCN=C1C=C(NCC)[NH+]([O-])N1O. The summed E-state index contributed by atoms with van der Waals surface area (Å²) in [4.78, 5) is 3.94. The molecule has 6 nitrogen and oxygen atoms in total. The van der Waals surface area contributed by atoms with Gasteiger partial charge in [0.1, 0.15) is 0 Å². The van der Waals surface area contributed by atoms with Crippen molar-refractivity contribution in [3.05, 3.63) is 17.1 Å². The average Bonchev–Trinajstić information content (AvgIpc) is 2.36.